The van der Waals surface area contributed by atoms with Crippen LogP contribution in [0.2, 0.25) is 0 Å². The molecule has 1 fully saturated rings. The summed E-state index contributed by atoms with van der Waals surface area (Å²) in [6, 6.07) is 5.77. The van der Waals surface area contributed by atoms with Crippen LogP contribution in [0, 0.1) is 0 Å². The molecule has 0 aromatic heterocycles. The summed E-state index contributed by atoms with van der Waals surface area (Å²) in [5.41, 5.74) is 1.00. The van der Waals surface area contributed by atoms with Crippen LogP contribution in [-0.2, 0) is 11.2 Å². The number of piperidine rings is 1. The van der Waals surface area contributed by atoms with Crippen LogP contribution in [0.25, 0.3) is 0 Å². The van der Waals surface area contributed by atoms with E-state index in [1.807, 2.05) is 18.2 Å². The third kappa shape index (κ3) is 5.71. The summed E-state index contributed by atoms with van der Waals surface area (Å²) in [6.45, 7) is 4.27. The number of rotatable bonds is 9. The third-order valence-electron chi connectivity index (χ3n) is 4.53. The smallest absolute Gasteiger partial charge is 0.220 e. The van der Waals surface area contributed by atoms with Gasteiger partial charge in [-0.15, -0.1) is 0 Å². The Balaban J connectivity index is 1.67. The van der Waals surface area contributed by atoms with Crippen molar-refractivity contribution in [2.75, 3.05) is 40.4 Å². The highest BCUT2D eigenvalue weighted by atomic mass is 16.5. The van der Waals surface area contributed by atoms with Crippen LogP contribution in [0.4, 0.5) is 0 Å². The van der Waals surface area contributed by atoms with Crippen molar-refractivity contribution in [3.8, 4) is 11.5 Å². The van der Waals surface area contributed by atoms with Crippen LogP contribution in [-0.4, -0.2) is 51.2 Å². The second kappa shape index (κ2) is 10.2. The maximum Gasteiger partial charge on any atom is 0.220 e. The van der Waals surface area contributed by atoms with Crippen molar-refractivity contribution in [3.63, 3.8) is 0 Å². The average molecular weight is 334 g/mol. The van der Waals surface area contributed by atoms with Gasteiger partial charge in [0.05, 0.1) is 14.2 Å². The predicted octanol–water partition coefficient (Wildman–Crippen LogP) is 2.63. The van der Waals surface area contributed by atoms with E-state index in [2.05, 4.69) is 10.2 Å². The molecule has 0 radical (unpaired) electrons. The summed E-state index contributed by atoms with van der Waals surface area (Å²) in [6.07, 6.45) is 6.13. The predicted molar refractivity (Wildman–Crippen MR) is 95.8 cm³/mol. The number of nitrogens with zero attached hydrogens (tertiary/aromatic N) is 1. The molecule has 24 heavy (non-hydrogen) atoms. The molecule has 0 unspecified atom stereocenters. The number of para-hydroxylation sites is 1. The Morgan fingerprint density at radius 1 is 1.17 bits per heavy atom. The van der Waals surface area contributed by atoms with Crippen LogP contribution < -0.4 is 14.8 Å². The summed E-state index contributed by atoms with van der Waals surface area (Å²) < 4.78 is 10.7. The lowest BCUT2D eigenvalue weighted by Gasteiger charge is -2.26. The minimum atomic E-state index is 0.0958. The number of likely N-dealkylation sites (tertiary alicyclic amines) is 1. The van der Waals surface area contributed by atoms with E-state index in [4.69, 9.17) is 9.47 Å². The molecule has 1 aliphatic heterocycles. The van der Waals surface area contributed by atoms with Gasteiger partial charge in [0.2, 0.25) is 5.91 Å². The zero-order valence-corrected chi connectivity index (χ0v) is 15.0. The first-order valence-corrected chi connectivity index (χ1v) is 8.93. The molecule has 0 atom stereocenters. The van der Waals surface area contributed by atoms with Crippen molar-refractivity contribution in [1.29, 1.82) is 0 Å². The molecule has 1 aromatic rings. The first-order valence-electron chi connectivity index (χ1n) is 8.93. The van der Waals surface area contributed by atoms with E-state index in [0.29, 0.717) is 18.6 Å². The van der Waals surface area contributed by atoms with Gasteiger partial charge in [0.15, 0.2) is 11.5 Å². The Bertz CT molecular complexity index is 513. The fourth-order valence-corrected chi connectivity index (χ4v) is 3.20. The van der Waals surface area contributed by atoms with Crippen molar-refractivity contribution in [1.82, 2.24) is 10.2 Å². The van der Waals surface area contributed by atoms with Gasteiger partial charge in [-0.2, -0.15) is 0 Å². The molecule has 2 rings (SSSR count). The molecular formula is C19H30N2O3. The molecule has 1 aromatic carbocycles. The largest absolute Gasteiger partial charge is 0.493 e. The van der Waals surface area contributed by atoms with E-state index in [9.17, 15) is 4.79 Å². The first-order chi connectivity index (χ1) is 11.7. The standard InChI is InChI=1S/C19H30N2O3/c1-23-17-9-6-8-16(19(17)24-2)10-11-18(22)20-12-7-15-21-13-4-3-5-14-21/h6,8-9H,3-5,7,10-15H2,1-2H3,(H,20,22). The Labute approximate surface area is 145 Å². The lowest BCUT2D eigenvalue weighted by molar-refractivity contribution is -0.121. The Morgan fingerprint density at radius 3 is 2.67 bits per heavy atom. The van der Waals surface area contributed by atoms with Gasteiger partial charge in [-0.3, -0.25) is 4.79 Å². The van der Waals surface area contributed by atoms with Crippen molar-refractivity contribution >= 4 is 5.91 Å². The number of amides is 1. The van der Waals surface area contributed by atoms with Gasteiger partial charge < -0.3 is 19.7 Å². The molecule has 0 aliphatic carbocycles. The van der Waals surface area contributed by atoms with Crippen LogP contribution in [0.5, 0.6) is 11.5 Å². The summed E-state index contributed by atoms with van der Waals surface area (Å²) in [5.74, 6) is 1.52. The summed E-state index contributed by atoms with van der Waals surface area (Å²) in [5, 5.41) is 3.02. The fraction of sp³-hybridized carbons (Fsp3) is 0.632. The number of hydrogen-bond donors (Lipinski definition) is 1. The van der Waals surface area contributed by atoms with Crippen molar-refractivity contribution < 1.29 is 14.3 Å². The van der Waals surface area contributed by atoms with Gasteiger partial charge in [0.1, 0.15) is 0 Å². The Morgan fingerprint density at radius 2 is 1.96 bits per heavy atom. The molecule has 0 saturated carbocycles. The van der Waals surface area contributed by atoms with Crippen LogP contribution in [0.15, 0.2) is 18.2 Å². The molecule has 5 heteroatoms. The van der Waals surface area contributed by atoms with E-state index in [-0.39, 0.29) is 5.91 Å². The summed E-state index contributed by atoms with van der Waals surface area (Å²) in [4.78, 5) is 14.5. The van der Waals surface area contributed by atoms with Crippen LogP contribution >= 0.6 is 0 Å². The Hall–Kier alpha value is -1.75. The molecule has 134 valence electrons. The van der Waals surface area contributed by atoms with Crippen LogP contribution in [0.3, 0.4) is 0 Å². The number of aryl methyl sites for hydroxylation is 1. The lowest BCUT2D eigenvalue weighted by atomic mass is 10.1. The SMILES string of the molecule is COc1cccc(CCC(=O)NCCCN2CCCCC2)c1OC. The van der Waals surface area contributed by atoms with Gasteiger partial charge in [-0.05, 0) is 56.9 Å². The molecule has 1 aliphatic rings. The topological polar surface area (TPSA) is 50.8 Å². The quantitative estimate of drug-likeness (QED) is 0.705. The lowest BCUT2D eigenvalue weighted by Crippen LogP contribution is -2.33. The number of ether oxygens (including phenoxy) is 2. The number of methoxy groups -OCH3 is 2. The number of carbonyl (C=O) groups is 1. The van der Waals surface area contributed by atoms with Crippen LogP contribution in [0.1, 0.15) is 37.7 Å². The number of benzene rings is 1. The van der Waals surface area contributed by atoms with Gasteiger partial charge >= 0.3 is 0 Å². The van der Waals surface area contributed by atoms with E-state index >= 15 is 0 Å². The fourth-order valence-electron chi connectivity index (χ4n) is 3.20. The molecule has 1 heterocycles. The maximum absolute atomic E-state index is 12.0. The Kier molecular flexibility index (Phi) is 7.89. The van der Waals surface area contributed by atoms with E-state index in [1.165, 1.54) is 32.4 Å². The van der Waals surface area contributed by atoms with Crippen molar-refractivity contribution in [2.45, 2.75) is 38.5 Å². The zero-order valence-electron chi connectivity index (χ0n) is 15.0. The average Bonchev–Trinajstić information content (AvgIpc) is 2.63. The molecule has 5 nitrogen and oxygen atoms in total. The van der Waals surface area contributed by atoms with E-state index < -0.39 is 0 Å². The first kappa shape index (κ1) is 18.6. The second-order valence-corrected chi connectivity index (χ2v) is 6.26. The number of carbonyl (C=O) groups excluding carboxylic acids is 1. The molecular weight excluding hydrogens is 304 g/mol. The zero-order chi connectivity index (χ0) is 17.2. The van der Waals surface area contributed by atoms with Gasteiger partial charge in [-0.25, -0.2) is 0 Å². The molecule has 0 bridgehead atoms. The highest BCUT2D eigenvalue weighted by Gasteiger charge is 2.12. The van der Waals surface area contributed by atoms with Gasteiger partial charge in [0.25, 0.3) is 0 Å². The molecule has 0 spiro atoms. The molecule has 1 amide bonds. The summed E-state index contributed by atoms with van der Waals surface area (Å²) in [7, 11) is 3.25. The van der Waals surface area contributed by atoms with Gasteiger partial charge in [0, 0.05) is 13.0 Å². The molecule has 1 saturated heterocycles. The maximum atomic E-state index is 12.0. The minimum absolute atomic E-state index is 0.0958. The van der Waals surface area contributed by atoms with E-state index in [0.717, 1.165) is 30.8 Å². The highest BCUT2D eigenvalue weighted by molar-refractivity contribution is 5.76. The minimum Gasteiger partial charge on any atom is -0.493 e. The normalized spacial score (nSPS) is 15.1. The summed E-state index contributed by atoms with van der Waals surface area (Å²) >= 11 is 0. The van der Waals surface area contributed by atoms with Crippen molar-refractivity contribution in [3.05, 3.63) is 23.8 Å². The molecule has 1 N–H and O–H groups in total. The monoisotopic (exact) mass is 334 g/mol. The third-order valence-corrected chi connectivity index (χ3v) is 4.53. The second-order valence-electron chi connectivity index (χ2n) is 6.26. The van der Waals surface area contributed by atoms with Crippen molar-refractivity contribution in [2.24, 2.45) is 0 Å². The van der Waals surface area contributed by atoms with E-state index in [1.54, 1.807) is 14.2 Å². The highest BCUT2D eigenvalue weighted by Crippen LogP contribution is 2.31. The number of hydrogen-bond acceptors (Lipinski definition) is 4. The van der Waals surface area contributed by atoms with Gasteiger partial charge in [-0.1, -0.05) is 18.6 Å². The number of nitrogens with one attached hydrogen (secondary N) is 1.